The second-order valence-electron chi connectivity index (χ2n) is 12.4. The van der Waals surface area contributed by atoms with Gasteiger partial charge in [0.25, 0.3) is 11.8 Å². The summed E-state index contributed by atoms with van der Waals surface area (Å²) in [5.74, 6) is -0.900. The van der Waals surface area contributed by atoms with Crippen LogP contribution in [0.1, 0.15) is 33.3 Å². The number of hydrogen-bond donors (Lipinski definition) is 2. The summed E-state index contributed by atoms with van der Waals surface area (Å²) in [6.45, 7) is 6.38. The Morgan fingerprint density at radius 3 is 2.22 bits per heavy atom. The number of rotatable bonds is 11. The van der Waals surface area contributed by atoms with E-state index in [9.17, 15) is 19.2 Å². The molecule has 0 aliphatic carbocycles. The summed E-state index contributed by atoms with van der Waals surface area (Å²) in [6, 6.07) is 24.0. The molecule has 2 aromatic heterocycles. The first-order valence-electron chi connectivity index (χ1n) is 17.2. The van der Waals surface area contributed by atoms with Crippen molar-refractivity contribution in [3.8, 4) is 17.4 Å². The van der Waals surface area contributed by atoms with Crippen molar-refractivity contribution in [1.29, 1.82) is 0 Å². The third kappa shape index (κ3) is 10.6. The number of aliphatic carboxylic acids is 2. The lowest BCUT2D eigenvalue weighted by Crippen LogP contribution is -2.48. The molecule has 5 aromatic rings. The number of hydrogen-bond acceptors (Lipinski definition) is 8. The Morgan fingerprint density at radius 2 is 1.58 bits per heavy atom. The van der Waals surface area contributed by atoms with Gasteiger partial charge in [0.15, 0.2) is 0 Å². The lowest BCUT2D eigenvalue weighted by Gasteiger charge is -2.34. The van der Waals surface area contributed by atoms with Crippen molar-refractivity contribution in [2.24, 2.45) is 7.05 Å². The minimum atomic E-state index is -1.26. The fourth-order valence-corrected chi connectivity index (χ4v) is 6.16. The van der Waals surface area contributed by atoms with E-state index in [1.165, 1.54) is 16.5 Å². The lowest BCUT2D eigenvalue weighted by atomic mass is 10.2. The molecule has 13 nitrogen and oxygen atoms in total. The largest absolute Gasteiger partial charge is 0.494 e. The summed E-state index contributed by atoms with van der Waals surface area (Å²) in [5.41, 5.74) is 3.77. The van der Waals surface area contributed by atoms with Crippen molar-refractivity contribution in [1.82, 2.24) is 19.4 Å². The number of carboxylic acids is 2. The number of fused-ring (bicyclic) bond motifs is 1. The summed E-state index contributed by atoms with van der Waals surface area (Å²) < 4.78 is 13.6. The molecule has 15 heteroatoms. The van der Waals surface area contributed by atoms with Crippen LogP contribution in [0, 0.1) is 0 Å². The molecule has 1 fully saturated rings. The van der Waals surface area contributed by atoms with Gasteiger partial charge in [-0.25, -0.2) is 14.6 Å². The molecular weight excluding hydrogens is 749 g/mol. The van der Waals surface area contributed by atoms with Gasteiger partial charge >= 0.3 is 11.9 Å². The first-order chi connectivity index (χ1) is 26.3. The molecule has 0 atom stereocenters. The first kappa shape index (κ1) is 40.3. The molecular formula is C40H39Cl2N5O8. The monoisotopic (exact) mass is 787 g/mol. The maximum atomic E-state index is 13.6. The number of nitrogens with zero attached hydrogens (tertiary/aromatic N) is 5. The zero-order valence-corrected chi connectivity index (χ0v) is 31.8. The summed E-state index contributed by atoms with van der Waals surface area (Å²) in [7, 11) is 3.57. The summed E-state index contributed by atoms with van der Waals surface area (Å²) >= 11 is 12.1. The van der Waals surface area contributed by atoms with E-state index in [4.69, 9.17) is 42.9 Å². The van der Waals surface area contributed by atoms with E-state index >= 15 is 0 Å². The van der Waals surface area contributed by atoms with Crippen molar-refractivity contribution in [3.05, 3.63) is 124 Å². The third-order valence-electron chi connectivity index (χ3n) is 8.68. The average molecular weight is 789 g/mol. The Bertz CT molecular complexity index is 2200. The fraction of sp³-hybridized carbons (Fsp3) is 0.225. The number of carbonyl (C=O) groups excluding carboxylic acids is 2. The summed E-state index contributed by atoms with van der Waals surface area (Å²) in [4.78, 5) is 55.8. The van der Waals surface area contributed by atoms with Gasteiger partial charge in [0, 0.05) is 81.5 Å². The highest BCUT2D eigenvalue weighted by Gasteiger charge is 2.25. The Balaban J connectivity index is 0.000000654. The van der Waals surface area contributed by atoms with Gasteiger partial charge in [-0.2, -0.15) is 0 Å². The van der Waals surface area contributed by atoms with Crippen molar-refractivity contribution in [2.45, 2.75) is 13.5 Å². The van der Waals surface area contributed by atoms with Gasteiger partial charge in [-0.15, -0.1) is 0 Å². The molecule has 0 radical (unpaired) electrons. The molecule has 2 N–H and O–H groups in total. The number of carbonyl (C=O) groups is 4. The van der Waals surface area contributed by atoms with E-state index in [-0.39, 0.29) is 11.8 Å². The van der Waals surface area contributed by atoms with Crippen LogP contribution < -0.4 is 14.4 Å². The number of benzene rings is 3. The van der Waals surface area contributed by atoms with Gasteiger partial charge in [0.2, 0.25) is 5.88 Å². The minimum absolute atomic E-state index is 0.0148. The third-order valence-corrected chi connectivity index (χ3v) is 9.42. The predicted octanol–water partition coefficient (Wildman–Crippen LogP) is 7.02. The standard InChI is InChI=1S/C36H35Cl2N5O4.C4H4O4/c1-4-46-28-7-5-6-24(18-28)23-42-14-16-43(17-15-42)36(45)33-21-26-19-29(10-12-32(26)41(33)3)47-34-13-9-27(22-39-34)40(2)35(44)25-8-11-30(37)31(38)20-25;5-3(6)1-2-4(7)8/h5-13,18-22H,4,14-17,23H2,1-3H3;1-2H,(H,5,6)(H,7,8)/b;2-1-. The van der Waals surface area contributed by atoms with Crippen LogP contribution in [0.4, 0.5) is 5.69 Å². The molecule has 0 saturated carbocycles. The van der Waals surface area contributed by atoms with E-state index in [2.05, 4.69) is 22.0 Å². The molecule has 286 valence electrons. The van der Waals surface area contributed by atoms with Crippen molar-refractivity contribution < 1.29 is 38.9 Å². The van der Waals surface area contributed by atoms with Gasteiger partial charge in [-0.3, -0.25) is 14.5 Å². The molecule has 0 spiro atoms. The Labute approximate surface area is 327 Å². The molecule has 6 rings (SSSR count). The molecule has 3 aromatic carbocycles. The molecule has 1 aliphatic heterocycles. The quantitative estimate of drug-likeness (QED) is 0.134. The SMILES string of the molecule is CCOc1cccc(CN2CCN(C(=O)c3cc4cc(Oc5ccc(N(C)C(=O)c6ccc(Cl)c(Cl)c6)cn5)ccc4n3C)CC2)c1.O=C(O)/C=C\C(=O)O. The number of aromatic nitrogens is 2. The maximum Gasteiger partial charge on any atom is 0.328 e. The summed E-state index contributed by atoms with van der Waals surface area (Å²) in [5, 5.41) is 17.2. The minimum Gasteiger partial charge on any atom is -0.494 e. The Morgan fingerprint density at radius 1 is 0.855 bits per heavy atom. The Kier molecular flexibility index (Phi) is 13.5. The molecule has 55 heavy (non-hydrogen) atoms. The molecule has 0 bridgehead atoms. The highest BCUT2D eigenvalue weighted by Crippen LogP contribution is 2.29. The van der Waals surface area contributed by atoms with Gasteiger partial charge in [-0.05, 0) is 73.2 Å². The number of carboxylic acid groups (broad SMARTS) is 2. The highest BCUT2D eigenvalue weighted by molar-refractivity contribution is 6.42. The smallest absolute Gasteiger partial charge is 0.328 e. The lowest BCUT2D eigenvalue weighted by molar-refractivity contribution is -0.134. The number of ether oxygens (including phenoxy) is 2. The second kappa shape index (κ2) is 18.4. The van der Waals surface area contributed by atoms with E-state index in [1.54, 1.807) is 37.5 Å². The van der Waals surface area contributed by atoms with Gasteiger partial charge < -0.3 is 34.1 Å². The number of halogens is 2. The predicted molar refractivity (Wildman–Crippen MR) is 210 cm³/mol. The van der Waals surface area contributed by atoms with E-state index in [1.807, 2.05) is 59.8 Å². The molecule has 0 unspecified atom stereocenters. The van der Waals surface area contributed by atoms with Gasteiger partial charge in [0.05, 0.1) is 28.5 Å². The zero-order valence-electron chi connectivity index (χ0n) is 30.3. The van der Waals surface area contributed by atoms with Crippen LogP contribution in [0.25, 0.3) is 10.9 Å². The second-order valence-corrected chi connectivity index (χ2v) is 13.2. The van der Waals surface area contributed by atoms with Crippen molar-refractivity contribution in [3.63, 3.8) is 0 Å². The number of aryl methyl sites for hydroxylation is 1. The first-order valence-corrected chi connectivity index (χ1v) is 17.9. The average Bonchev–Trinajstić information content (AvgIpc) is 3.50. The van der Waals surface area contributed by atoms with Crippen LogP contribution in [-0.2, 0) is 23.2 Å². The van der Waals surface area contributed by atoms with E-state index in [0.717, 1.165) is 36.3 Å². The number of pyridine rings is 1. The van der Waals surface area contributed by atoms with Crippen LogP contribution in [0.15, 0.2) is 97.2 Å². The van der Waals surface area contributed by atoms with Crippen LogP contribution >= 0.6 is 23.2 Å². The number of amides is 2. The van der Waals surface area contributed by atoms with Gasteiger partial charge in [-0.1, -0.05) is 35.3 Å². The topological polar surface area (TPSA) is 155 Å². The molecule has 3 heterocycles. The number of piperazine rings is 1. The van der Waals surface area contributed by atoms with Crippen molar-refractivity contribution >= 4 is 63.5 Å². The zero-order chi connectivity index (χ0) is 39.6. The van der Waals surface area contributed by atoms with Crippen LogP contribution in [0.2, 0.25) is 10.0 Å². The van der Waals surface area contributed by atoms with E-state index in [0.29, 0.717) is 70.5 Å². The Hall–Kier alpha value is -5.89. The summed E-state index contributed by atoms with van der Waals surface area (Å²) in [6.07, 6.45) is 2.69. The van der Waals surface area contributed by atoms with Crippen LogP contribution in [0.5, 0.6) is 17.4 Å². The van der Waals surface area contributed by atoms with Gasteiger partial charge in [0.1, 0.15) is 17.2 Å². The van der Waals surface area contributed by atoms with Crippen molar-refractivity contribution in [2.75, 3.05) is 44.7 Å². The molecule has 1 saturated heterocycles. The van der Waals surface area contributed by atoms with E-state index < -0.39 is 11.9 Å². The number of anilines is 1. The van der Waals surface area contributed by atoms with Crippen LogP contribution in [-0.4, -0.2) is 93.2 Å². The normalized spacial score (nSPS) is 12.9. The molecule has 1 aliphatic rings. The highest BCUT2D eigenvalue weighted by atomic mass is 35.5. The molecule has 2 amide bonds. The fourth-order valence-electron chi connectivity index (χ4n) is 5.86. The maximum absolute atomic E-state index is 13.6. The van der Waals surface area contributed by atoms with Crippen LogP contribution in [0.3, 0.4) is 0 Å².